The van der Waals surface area contributed by atoms with E-state index in [1.54, 1.807) is 0 Å². The lowest BCUT2D eigenvalue weighted by atomic mass is 10.2. The van der Waals surface area contributed by atoms with Crippen LogP contribution in [0.5, 0.6) is 5.75 Å². The summed E-state index contributed by atoms with van der Waals surface area (Å²) in [6.45, 7) is 7.41. The van der Waals surface area contributed by atoms with Gasteiger partial charge >= 0.3 is 0 Å². The zero-order valence-electron chi connectivity index (χ0n) is 15.6. The van der Waals surface area contributed by atoms with Gasteiger partial charge in [-0.2, -0.15) is 0 Å². The van der Waals surface area contributed by atoms with Crippen LogP contribution in [-0.4, -0.2) is 55.5 Å². The summed E-state index contributed by atoms with van der Waals surface area (Å²) in [5, 5.41) is 2.88. The highest BCUT2D eigenvalue weighted by atomic mass is 16.5. The van der Waals surface area contributed by atoms with Gasteiger partial charge in [0.25, 0.3) is 5.91 Å². The minimum Gasteiger partial charge on any atom is -0.484 e. The summed E-state index contributed by atoms with van der Waals surface area (Å²) in [6, 6.07) is 15.8. The van der Waals surface area contributed by atoms with Crippen molar-refractivity contribution in [2.24, 2.45) is 0 Å². The van der Waals surface area contributed by atoms with E-state index in [9.17, 15) is 4.79 Å². The van der Waals surface area contributed by atoms with Crippen LogP contribution in [0.1, 0.15) is 11.1 Å². The number of hydrogen-bond donors (Lipinski definition) is 1. The third-order valence-corrected chi connectivity index (χ3v) is 4.60. The van der Waals surface area contributed by atoms with Gasteiger partial charge in [0.2, 0.25) is 0 Å². The molecule has 1 fully saturated rings. The normalized spacial score (nSPS) is 15.6. The number of aryl methyl sites for hydroxylation is 1. The summed E-state index contributed by atoms with van der Waals surface area (Å²) in [5.74, 6) is 0.556. The zero-order chi connectivity index (χ0) is 18.4. The van der Waals surface area contributed by atoms with Crippen LogP contribution >= 0.6 is 0 Å². The van der Waals surface area contributed by atoms with E-state index in [1.807, 2.05) is 43.3 Å². The average molecular weight is 353 g/mol. The van der Waals surface area contributed by atoms with E-state index < -0.39 is 0 Å². The fourth-order valence-corrected chi connectivity index (χ4v) is 3.01. The van der Waals surface area contributed by atoms with E-state index in [1.165, 1.54) is 5.56 Å². The van der Waals surface area contributed by atoms with Gasteiger partial charge in [-0.15, -0.1) is 0 Å². The number of likely N-dealkylation sites (N-methyl/N-ethyl adjacent to an activating group) is 1. The Balaban J connectivity index is 1.45. The van der Waals surface area contributed by atoms with Crippen molar-refractivity contribution >= 4 is 11.6 Å². The maximum atomic E-state index is 12.1. The second kappa shape index (κ2) is 8.83. The molecule has 1 heterocycles. The summed E-state index contributed by atoms with van der Waals surface area (Å²) in [5.41, 5.74) is 3.17. The first kappa shape index (κ1) is 18.4. The van der Waals surface area contributed by atoms with Crippen LogP contribution < -0.4 is 10.1 Å². The molecule has 0 unspecified atom stereocenters. The summed E-state index contributed by atoms with van der Waals surface area (Å²) in [7, 11) is 2.16. The molecule has 0 radical (unpaired) electrons. The molecule has 0 atom stereocenters. The molecule has 1 N–H and O–H groups in total. The minimum atomic E-state index is -0.154. The number of benzene rings is 2. The molecule has 138 valence electrons. The molecule has 1 aliphatic rings. The van der Waals surface area contributed by atoms with Crippen molar-refractivity contribution in [2.45, 2.75) is 13.5 Å². The van der Waals surface area contributed by atoms with Crippen LogP contribution in [0.3, 0.4) is 0 Å². The minimum absolute atomic E-state index is 0.00645. The highest BCUT2D eigenvalue weighted by molar-refractivity contribution is 5.91. The van der Waals surface area contributed by atoms with Crippen LogP contribution in [0, 0.1) is 6.92 Å². The lowest BCUT2D eigenvalue weighted by molar-refractivity contribution is -0.118. The highest BCUT2D eigenvalue weighted by Gasteiger charge is 2.13. The third-order valence-electron chi connectivity index (χ3n) is 4.60. The van der Waals surface area contributed by atoms with Crippen LogP contribution in [-0.2, 0) is 11.3 Å². The first-order chi connectivity index (χ1) is 12.6. The monoisotopic (exact) mass is 353 g/mol. The number of piperazine rings is 1. The maximum absolute atomic E-state index is 12.1. The smallest absolute Gasteiger partial charge is 0.262 e. The maximum Gasteiger partial charge on any atom is 0.262 e. The molecule has 5 nitrogen and oxygen atoms in total. The molecule has 0 aromatic heterocycles. The molecule has 0 spiro atoms. The van der Waals surface area contributed by atoms with Crippen molar-refractivity contribution in [3.8, 4) is 5.75 Å². The lowest BCUT2D eigenvalue weighted by Crippen LogP contribution is -2.43. The highest BCUT2D eigenvalue weighted by Crippen LogP contribution is 2.14. The number of rotatable bonds is 6. The molecule has 2 aromatic carbocycles. The molecule has 1 saturated heterocycles. The molecular formula is C21H27N3O2. The Kier molecular flexibility index (Phi) is 6.26. The van der Waals surface area contributed by atoms with E-state index in [4.69, 9.17) is 4.74 Å². The standard InChI is InChI=1S/C21H27N3O2/c1-17-4-3-5-20(14-17)26-16-21(25)22-19-8-6-18(7-9-19)15-24-12-10-23(2)11-13-24/h3-9,14H,10-13,15-16H2,1-2H3,(H,22,25). The Morgan fingerprint density at radius 2 is 1.81 bits per heavy atom. The van der Waals surface area contributed by atoms with Gasteiger partial charge in [0.15, 0.2) is 6.61 Å². The number of carbonyl (C=O) groups is 1. The molecular weight excluding hydrogens is 326 g/mol. The molecule has 5 heteroatoms. The molecule has 26 heavy (non-hydrogen) atoms. The molecule has 0 aliphatic carbocycles. The summed E-state index contributed by atoms with van der Waals surface area (Å²) in [6.07, 6.45) is 0. The van der Waals surface area contributed by atoms with Gasteiger partial charge in [-0.3, -0.25) is 9.69 Å². The van der Waals surface area contributed by atoms with Crippen molar-refractivity contribution < 1.29 is 9.53 Å². The molecule has 2 aromatic rings. The number of carbonyl (C=O) groups excluding carboxylic acids is 1. The summed E-state index contributed by atoms with van der Waals surface area (Å²) in [4.78, 5) is 16.9. The van der Waals surface area contributed by atoms with Crippen LogP contribution in [0.25, 0.3) is 0 Å². The van der Waals surface area contributed by atoms with E-state index in [-0.39, 0.29) is 12.5 Å². The van der Waals surface area contributed by atoms with Gasteiger partial charge in [-0.05, 0) is 49.4 Å². The first-order valence-electron chi connectivity index (χ1n) is 9.08. The number of nitrogens with one attached hydrogen (secondary N) is 1. The predicted octanol–water partition coefficient (Wildman–Crippen LogP) is 2.76. The van der Waals surface area contributed by atoms with Crippen LogP contribution in [0.2, 0.25) is 0 Å². The Bertz CT molecular complexity index is 722. The fraction of sp³-hybridized carbons (Fsp3) is 0.381. The van der Waals surface area contributed by atoms with Crippen LogP contribution in [0.15, 0.2) is 48.5 Å². The van der Waals surface area contributed by atoms with E-state index in [2.05, 4.69) is 34.3 Å². The SMILES string of the molecule is Cc1cccc(OCC(=O)Nc2ccc(CN3CCN(C)CC3)cc2)c1. The van der Waals surface area contributed by atoms with Gasteiger partial charge in [-0.1, -0.05) is 24.3 Å². The first-order valence-corrected chi connectivity index (χ1v) is 9.08. The lowest BCUT2D eigenvalue weighted by Gasteiger charge is -2.32. The van der Waals surface area contributed by atoms with Crippen molar-refractivity contribution in [3.63, 3.8) is 0 Å². The number of amides is 1. The largest absolute Gasteiger partial charge is 0.484 e. The van der Waals surface area contributed by atoms with E-state index in [0.717, 1.165) is 44.0 Å². The Hall–Kier alpha value is -2.37. The predicted molar refractivity (Wildman–Crippen MR) is 105 cm³/mol. The van der Waals surface area contributed by atoms with Gasteiger partial charge in [0.05, 0.1) is 0 Å². The van der Waals surface area contributed by atoms with E-state index >= 15 is 0 Å². The van der Waals surface area contributed by atoms with Crippen molar-refractivity contribution in [3.05, 3.63) is 59.7 Å². The van der Waals surface area contributed by atoms with Crippen LogP contribution in [0.4, 0.5) is 5.69 Å². The van der Waals surface area contributed by atoms with Crippen molar-refractivity contribution in [1.29, 1.82) is 0 Å². The Morgan fingerprint density at radius 3 is 2.50 bits per heavy atom. The van der Waals surface area contributed by atoms with Gasteiger partial charge in [0, 0.05) is 38.4 Å². The summed E-state index contributed by atoms with van der Waals surface area (Å²) >= 11 is 0. The molecule has 1 amide bonds. The number of anilines is 1. The molecule has 1 aliphatic heterocycles. The average Bonchev–Trinajstić information content (AvgIpc) is 2.64. The van der Waals surface area contributed by atoms with Gasteiger partial charge in [-0.25, -0.2) is 0 Å². The number of nitrogens with zero attached hydrogens (tertiary/aromatic N) is 2. The second-order valence-electron chi connectivity index (χ2n) is 6.93. The number of ether oxygens (including phenoxy) is 1. The molecule has 0 bridgehead atoms. The number of hydrogen-bond acceptors (Lipinski definition) is 4. The quantitative estimate of drug-likeness (QED) is 0.867. The zero-order valence-corrected chi connectivity index (χ0v) is 15.6. The van der Waals surface area contributed by atoms with Crippen molar-refractivity contribution in [1.82, 2.24) is 9.80 Å². The molecule has 0 saturated carbocycles. The topological polar surface area (TPSA) is 44.8 Å². The fourth-order valence-electron chi connectivity index (χ4n) is 3.01. The Morgan fingerprint density at radius 1 is 1.08 bits per heavy atom. The van der Waals surface area contributed by atoms with E-state index in [0.29, 0.717) is 5.75 Å². The molecule has 3 rings (SSSR count). The van der Waals surface area contributed by atoms with Crippen molar-refractivity contribution in [2.75, 3.05) is 45.2 Å². The second-order valence-corrected chi connectivity index (χ2v) is 6.93. The van der Waals surface area contributed by atoms with Gasteiger partial charge < -0.3 is 15.0 Å². The Labute approximate surface area is 155 Å². The summed E-state index contributed by atoms with van der Waals surface area (Å²) < 4.78 is 5.53. The van der Waals surface area contributed by atoms with Gasteiger partial charge in [0.1, 0.15) is 5.75 Å². The third kappa shape index (κ3) is 5.58.